The summed E-state index contributed by atoms with van der Waals surface area (Å²) in [6.07, 6.45) is 1.80. The average molecular weight is 751 g/mol. The minimum absolute atomic E-state index is 0.0692. The molecule has 14 heteroatoms. The number of ether oxygens (including phenoxy) is 5. The normalized spacial score (nSPS) is 21.7. The summed E-state index contributed by atoms with van der Waals surface area (Å²) in [6, 6.07) is 12.2. The Bertz CT molecular complexity index is 1690. The Labute approximate surface area is 314 Å². The Balaban J connectivity index is 1.30. The Hall–Kier alpha value is -4.60. The summed E-state index contributed by atoms with van der Waals surface area (Å²) in [5, 5.41) is 34.5. The van der Waals surface area contributed by atoms with Gasteiger partial charge in [-0.25, -0.2) is 4.79 Å². The number of rotatable bonds is 15. The summed E-state index contributed by atoms with van der Waals surface area (Å²) in [5.41, 5.74) is 2.63. The highest BCUT2D eigenvalue weighted by molar-refractivity contribution is 5.97. The predicted octanol–water partition coefficient (Wildman–Crippen LogP) is 2.27. The molecule has 54 heavy (non-hydrogen) atoms. The van der Waals surface area contributed by atoms with Crippen molar-refractivity contribution in [2.45, 2.75) is 108 Å². The largest absolute Gasteiger partial charge is 0.499 e. The molecule has 6 atom stereocenters. The molecule has 2 aromatic rings. The number of hydrogen-bond donors (Lipinski definition) is 5. The molecule has 14 nitrogen and oxygen atoms in total. The maximum absolute atomic E-state index is 13.8. The molecule has 2 aliphatic carbocycles. The van der Waals surface area contributed by atoms with Gasteiger partial charge in [0.15, 0.2) is 5.79 Å². The standard InChI is InChI=1S/C40H50N2O12/c1-24(45)34(37(48)41-30(23-44)13-14-33(46)53-39(2,3)4)42-36(47)29-19-31(51-38(49)26-11-9-25(10-12-26)15-17-50-18-16-43)35-32(20-29)52-40(54-35)21-27-7-5-6-8-28(27)22-40/h5-12,15,17,20,24,30-32,34-35,43-45H,13-14,16,18-19,21-23H2,1-4H3,(H,41,48)(H,42,47)/t24-,30-,31+,32+,34+,35-/m0/s1. The van der Waals surface area contributed by atoms with Crippen LogP contribution in [-0.4, -0.2) is 107 Å². The predicted molar refractivity (Wildman–Crippen MR) is 194 cm³/mol. The number of fused-ring (bicyclic) bond motifs is 2. The number of benzene rings is 2. The van der Waals surface area contributed by atoms with Gasteiger partial charge in [-0.3, -0.25) is 14.4 Å². The van der Waals surface area contributed by atoms with Gasteiger partial charge in [0, 0.05) is 31.3 Å². The maximum Gasteiger partial charge on any atom is 0.338 e. The number of esters is 2. The first kappa shape index (κ1) is 40.6. The molecule has 5 rings (SSSR count). The van der Waals surface area contributed by atoms with Crippen LogP contribution in [0.25, 0.3) is 6.08 Å². The van der Waals surface area contributed by atoms with E-state index in [1.165, 1.54) is 13.2 Å². The zero-order valence-corrected chi connectivity index (χ0v) is 31.0. The molecule has 1 spiro atoms. The van der Waals surface area contributed by atoms with Gasteiger partial charge in [0.25, 0.3) is 0 Å². The van der Waals surface area contributed by atoms with Gasteiger partial charge in [0.1, 0.15) is 36.6 Å². The summed E-state index contributed by atoms with van der Waals surface area (Å²) in [4.78, 5) is 52.8. The van der Waals surface area contributed by atoms with Crippen molar-refractivity contribution in [3.8, 4) is 0 Å². The van der Waals surface area contributed by atoms with E-state index in [9.17, 15) is 29.4 Å². The number of hydrogen-bond acceptors (Lipinski definition) is 12. The van der Waals surface area contributed by atoms with Crippen LogP contribution in [0.2, 0.25) is 0 Å². The third-order valence-electron chi connectivity index (χ3n) is 9.21. The summed E-state index contributed by atoms with van der Waals surface area (Å²) in [6.45, 7) is 6.10. The average Bonchev–Trinajstić information content (AvgIpc) is 3.67. The van der Waals surface area contributed by atoms with Gasteiger partial charge in [-0.2, -0.15) is 0 Å². The van der Waals surface area contributed by atoms with Crippen molar-refractivity contribution in [3.63, 3.8) is 0 Å². The van der Waals surface area contributed by atoms with Gasteiger partial charge >= 0.3 is 11.9 Å². The maximum atomic E-state index is 13.8. The first-order chi connectivity index (χ1) is 25.7. The van der Waals surface area contributed by atoms with Gasteiger partial charge in [-0.05, 0) is 75.1 Å². The van der Waals surface area contributed by atoms with Crippen molar-refractivity contribution in [3.05, 3.63) is 88.7 Å². The van der Waals surface area contributed by atoms with Crippen molar-refractivity contribution in [2.75, 3.05) is 19.8 Å². The lowest BCUT2D eigenvalue weighted by Gasteiger charge is -2.31. The molecule has 0 bridgehead atoms. The molecule has 2 amide bonds. The fraction of sp³-hybridized carbons (Fsp3) is 0.500. The van der Waals surface area contributed by atoms with Gasteiger partial charge < -0.3 is 49.6 Å². The van der Waals surface area contributed by atoms with Gasteiger partial charge in [0.05, 0.1) is 37.2 Å². The second-order valence-corrected chi connectivity index (χ2v) is 14.8. The Morgan fingerprint density at radius 1 is 1.00 bits per heavy atom. The summed E-state index contributed by atoms with van der Waals surface area (Å²) in [7, 11) is 0. The zero-order valence-electron chi connectivity index (χ0n) is 31.0. The lowest BCUT2D eigenvalue weighted by molar-refractivity contribution is -0.172. The molecule has 1 heterocycles. The molecule has 1 fully saturated rings. The highest BCUT2D eigenvalue weighted by atomic mass is 16.8. The number of carbonyl (C=O) groups excluding carboxylic acids is 4. The molecule has 3 aliphatic rings. The van der Waals surface area contributed by atoms with Crippen molar-refractivity contribution >= 4 is 29.8 Å². The molecule has 2 aromatic carbocycles. The van der Waals surface area contributed by atoms with Crippen LogP contribution in [0, 0.1) is 0 Å². The van der Waals surface area contributed by atoms with E-state index < -0.39 is 78.2 Å². The quantitative estimate of drug-likeness (QED) is 0.101. The summed E-state index contributed by atoms with van der Waals surface area (Å²) >= 11 is 0. The molecule has 0 unspecified atom stereocenters. The highest BCUT2D eigenvalue weighted by Crippen LogP contribution is 2.45. The van der Waals surface area contributed by atoms with Crippen LogP contribution in [0.4, 0.5) is 0 Å². The van der Waals surface area contributed by atoms with Crippen LogP contribution < -0.4 is 10.6 Å². The first-order valence-electron chi connectivity index (χ1n) is 18.1. The van der Waals surface area contributed by atoms with Crippen LogP contribution in [0.3, 0.4) is 0 Å². The molecule has 1 saturated heterocycles. The number of nitrogens with one attached hydrogen (secondary N) is 2. The highest BCUT2D eigenvalue weighted by Gasteiger charge is 2.55. The molecule has 0 saturated carbocycles. The van der Waals surface area contributed by atoms with E-state index >= 15 is 0 Å². The van der Waals surface area contributed by atoms with Crippen LogP contribution in [0.5, 0.6) is 0 Å². The Morgan fingerprint density at radius 2 is 1.69 bits per heavy atom. The van der Waals surface area contributed by atoms with Gasteiger partial charge in [0.2, 0.25) is 11.8 Å². The second kappa shape index (κ2) is 17.7. The van der Waals surface area contributed by atoms with E-state index in [1.807, 2.05) is 24.3 Å². The minimum Gasteiger partial charge on any atom is -0.499 e. The molecular weight excluding hydrogens is 700 g/mol. The molecular formula is C40H50N2O12. The fourth-order valence-corrected chi connectivity index (χ4v) is 6.67. The van der Waals surface area contributed by atoms with E-state index in [-0.39, 0.29) is 43.6 Å². The molecule has 5 N–H and O–H groups in total. The summed E-state index contributed by atoms with van der Waals surface area (Å²) in [5.74, 6) is -3.62. The van der Waals surface area contributed by atoms with Crippen LogP contribution in [0.1, 0.15) is 74.0 Å². The van der Waals surface area contributed by atoms with Crippen molar-refractivity contribution < 1.29 is 58.2 Å². The van der Waals surface area contributed by atoms with Gasteiger partial charge in [-0.1, -0.05) is 36.4 Å². The number of amides is 2. The minimum atomic E-state index is -1.43. The molecule has 0 aromatic heterocycles. The van der Waals surface area contributed by atoms with E-state index in [2.05, 4.69) is 10.6 Å². The molecule has 292 valence electrons. The number of aliphatic hydroxyl groups excluding tert-OH is 3. The monoisotopic (exact) mass is 750 g/mol. The van der Waals surface area contributed by atoms with Crippen molar-refractivity contribution in [1.82, 2.24) is 10.6 Å². The van der Waals surface area contributed by atoms with Gasteiger partial charge in [-0.15, -0.1) is 0 Å². The first-order valence-corrected chi connectivity index (χ1v) is 18.1. The van der Waals surface area contributed by atoms with E-state index in [0.29, 0.717) is 12.8 Å². The van der Waals surface area contributed by atoms with Crippen molar-refractivity contribution in [2.24, 2.45) is 0 Å². The lowest BCUT2D eigenvalue weighted by atomic mass is 9.91. The SMILES string of the molecule is C[C@H](O)[C@@H](NC(=O)C1=C[C@H]2OC3(Cc4ccccc4C3)O[C@H]2[C@H](OC(=O)c2ccc(C=COCCO)cc2)C1)C(=O)N[C@H](CO)CCC(=O)OC(C)(C)C. The van der Waals surface area contributed by atoms with E-state index in [4.69, 9.17) is 28.8 Å². The number of carbonyl (C=O) groups is 4. The Morgan fingerprint density at radius 3 is 2.30 bits per heavy atom. The second-order valence-electron chi connectivity index (χ2n) is 14.8. The topological polar surface area (TPSA) is 199 Å². The van der Waals surface area contributed by atoms with Crippen LogP contribution in [0.15, 0.2) is 66.4 Å². The lowest BCUT2D eigenvalue weighted by Crippen LogP contribution is -2.55. The van der Waals surface area contributed by atoms with Crippen molar-refractivity contribution in [1.29, 1.82) is 0 Å². The number of aliphatic hydroxyl groups is 3. The zero-order chi connectivity index (χ0) is 39.0. The van der Waals surface area contributed by atoms with Crippen LogP contribution >= 0.6 is 0 Å². The van der Waals surface area contributed by atoms with E-state index in [1.54, 1.807) is 57.2 Å². The fourth-order valence-electron chi connectivity index (χ4n) is 6.67. The smallest absolute Gasteiger partial charge is 0.338 e. The molecule has 1 aliphatic heterocycles. The summed E-state index contributed by atoms with van der Waals surface area (Å²) < 4.78 is 29.5. The third kappa shape index (κ3) is 10.5. The third-order valence-corrected chi connectivity index (χ3v) is 9.21. The van der Waals surface area contributed by atoms with Crippen LogP contribution in [-0.2, 0) is 50.9 Å². The van der Waals surface area contributed by atoms with E-state index in [0.717, 1.165) is 16.7 Å². The molecule has 0 radical (unpaired) electrons. The Kier molecular flexibility index (Phi) is 13.3.